The summed E-state index contributed by atoms with van der Waals surface area (Å²) < 4.78 is 5.56. The minimum atomic E-state index is -0.556. The topological polar surface area (TPSA) is 107 Å². The number of nitrogens with one attached hydrogen (secondary N) is 1. The van der Waals surface area contributed by atoms with Crippen molar-refractivity contribution in [3.63, 3.8) is 0 Å². The molecule has 1 aliphatic carbocycles. The number of fused-ring (bicyclic) bond motifs is 1. The summed E-state index contributed by atoms with van der Waals surface area (Å²) in [4.78, 5) is 23.3. The van der Waals surface area contributed by atoms with Crippen LogP contribution in [0.1, 0.15) is 27.1 Å². The van der Waals surface area contributed by atoms with E-state index in [9.17, 15) is 9.59 Å². The molecule has 2 aliphatic rings. The van der Waals surface area contributed by atoms with Crippen molar-refractivity contribution in [1.82, 2.24) is 5.32 Å². The number of hydrogen-bond donors (Lipinski definition) is 3. The molecular weight excluding hydrogens is 258 g/mol. The fraction of sp³-hybridized carbons (Fsp3) is 0.429. The summed E-state index contributed by atoms with van der Waals surface area (Å²) in [5, 5.41) is 2.88. The third-order valence-corrected chi connectivity index (χ3v) is 4.15. The van der Waals surface area contributed by atoms with E-state index < -0.39 is 5.91 Å². The van der Waals surface area contributed by atoms with Crippen molar-refractivity contribution in [2.45, 2.75) is 24.6 Å². The molecule has 0 radical (unpaired) electrons. The molecule has 1 aliphatic heterocycles. The maximum atomic E-state index is 12.2. The van der Waals surface area contributed by atoms with E-state index in [0.29, 0.717) is 23.7 Å². The van der Waals surface area contributed by atoms with E-state index in [0.717, 1.165) is 6.42 Å². The van der Waals surface area contributed by atoms with Crippen molar-refractivity contribution in [1.29, 1.82) is 0 Å². The van der Waals surface area contributed by atoms with E-state index in [1.165, 1.54) is 6.07 Å². The lowest BCUT2D eigenvalue weighted by molar-refractivity contribution is -0.0161. The van der Waals surface area contributed by atoms with Gasteiger partial charge in [0.1, 0.15) is 0 Å². The van der Waals surface area contributed by atoms with Crippen LogP contribution in [0.25, 0.3) is 0 Å². The fourth-order valence-corrected chi connectivity index (χ4v) is 2.98. The highest BCUT2D eigenvalue weighted by atomic mass is 16.5. The Hall–Kier alpha value is -1.92. The minimum Gasteiger partial charge on any atom is -0.376 e. The van der Waals surface area contributed by atoms with Crippen LogP contribution in [0.5, 0.6) is 0 Å². The molecule has 1 aromatic rings. The van der Waals surface area contributed by atoms with Crippen molar-refractivity contribution in [2.75, 3.05) is 6.61 Å². The minimum absolute atomic E-state index is 0.0215. The Morgan fingerprint density at radius 3 is 2.80 bits per heavy atom. The Morgan fingerprint density at radius 2 is 2.05 bits per heavy atom. The third kappa shape index (κ3) is 2.07. The van der Waals surface area contributed by atoms with Gasteiger partial charge in [-0.1, -0.05) is 6.07 Å². The quantitative estimate of drug-likeness (QED) is 0.699. The number of carbonyl (C=O) groups is 2. The number of carbonyl (C=O) groups excluding carboxylic acids is 2. The van der Waals surface area contributed by atoms with E-state index in [2.05, 4.69) is 5.32 Å². The summed E-state index contributed by atoms with van der Waals surface area (Å²) in [6, 6.07) is 6.10. The maximum Gasteiger partial charge on any atom is 0.251 e. The summed E-state index contributed by atoms with van der Waals surface area (Å²) >= 11 is 0. The zero-order valence-electron chi connectivity index (χ0n) is 10.9. The largest absolute Gasteiger partial charge is 0.376 e. The summed E-state index contributed by atoms with van der Waals surface area (Å²) in [5.74, 6) is -0.473. The van der Waals surface area contributed by atoms with Gasteiger partial charge in [0.2, 0.25) is 5.91 Å². The Bertz CT molecular complexity index is 560. The molecule has 20 heavy (non-hydrogen) atoms. The lowest BCUT2D eigenvalue weighted by Gasteiger charge is -2.45. The molecule has 4 atom stereocenters. The first-order valence-electron chi connectivity index (χ1n) is 6.66. The van der Waals surface area contributed by atoms with Crippen LogP contribution in [-0.2, 0) is 4.74 Å². The van der Waals surface area contributed by atoms with Crippen molar-refractivity contribution in [3.05, 3.63) is 35.4 Å². The molecule has 1 heterocycles. The van der Waals surface area contributed by atoms with Gasteiger partial charge in [0.05, 0.1) is 12.1 Å². The number of benzene rings is 1. The van der Waals surface area contributed by atoms with Gasteiger partial charge in [-0.15, -0.1) is 0 Å². The van der Waals surface area contributed by atoms with Crippen LogP contribution >= 0.6 is 0 Å². The molecule has 0 bridgehead atoms. The summed E-state index contributed by atoms with van der Waals surface area (Å²) in [5.41, 5.74) is 12.0. The third-order valence-electron chi connectivity index (χ3n) is 4.15. The van der Waals surface area contributed by atoms with Crippen molar-refractivity contribution in [2.24, 2.45) is 17.4 Å². The van der Waals surface area contributed by atoms with E-state index in [1.54, 1.807) is 18.2 Å². The molecule has 6 nitrogen and oxygen atoms in total. The number of amides is 2. The second-order valence-electron chi connectivity index (χ2n) is 5.31. The predicted molar refractivity (Wildman–Crippen MR) is 72.0 cm³/mol. The second-order valence-corrected chi connectivity index (χ2v) is 5.31. The van der Waals surface area contributed by atoms with Gasteiger partial charge in [-0.25, -0.2) is 0 Å². The second kappa shape index (κ2) is 4.88. The number of ether oxygens (including phenoxy) is 1. The number of rotatable bonds is 3. The van der Waals surface area contributed by atoms with Crippen molar-refractivity contribution >= 4 is 11.8 Å². The molecular formula is C14H17N3O3. The van der Waals surface area contributed by atoms with Crippen LogP contribution in [0, 0.1) is 5.92 Å². The Balaban J connectivity index is 1.70. The summed E-state index contributed by atoms with van der Waals surface area (Å²) in [6.07, 6.45) is 0.975. The van der Waals surface area contributed by atoms with Gasteiger partial charge >= 0.3 is 0 Å². The highest BCUT2D eigenvalue weighted by Crippen LogP contribution is 2.37. The SMILES string of the molecule is NC(=O)c1cccc(C(=O)NC2C(N)C3CCOC32)c1. The zero-order valence-corrected chi connectivity index (χ0v) is 10.9. The summed E-state index contributed by atoms with van der Waals surface area (Å²) in [6.45, 7) is 0.701. The van der Waals surface area contributed by atoms with Gasteiger partial charge in [-0.3, -0.25) is 9.59 Å². The van der Waals surface area contributed by atoms with E-state index in [4.69, 9.17) is 16.2 Å². The smallest absolute Gasteiger partial charge is 0.251 e. The van der Waals surface area contributed by atoms with Crippen LogP contribution in [-0.4, -0.2) is 36.6 Å². The molecule has 0 spiro atoms. The molecule has 1 saturated carbocycles. The van der Waals surface area contributed by atoms with Crippen LogP contribution < -0.4 is 16.8 Å². The first-order chi connectivity index (χ1) is 9.58. The average Bonchev–Trinajstić information content (AvgIpc) is 2.89. The molecule has 2 fully saturated rings. The molecule has 1 saturated heterocycles. The van der Waals surface area contributed by atoms with E-state index in [-0.39, 0.29) is 24.1 Å². The zero-order chi connectivity index (χ0) is 14.3. The molecule has 2 amide bonds. The van der Waals surface area contributed by atoms with E-state index in [1.807, 2.05) is 0 Å². The number of nitrogens with two attached hydrogens (primary N) is 2. The van der Waals surface area contributed by atoms with Gasteiger partial charge in [0, 0.05) is 29.7 Å². The molecule has 4 unspecified atom stereocenters. The Kier molecular flexibility index (Phi) is 3.19. The number of primary amides is 1. The molecule has 0 aromatic heterocycles. The van der Waals surface area contributed by atoms with E-state index >= 15 is 0 Å². The highest BCUT2D eigenvalue weighted by molar-refractivity contribution is 5.99. The summed E-state index contributed by atoms with van der Waals surface area (Å²) in [7, 11) is 0. The first kappa shape index (κ1) is 13.1. The first-order valence-corrected chi connectivity index (χ1v) is 6.66. The molecule has 6 heteroatoms. The highest BCUT2D eigenvalue weighted by Gasteiger charge is 2.52. The molecule has 5 N–H and O–H groups in total. The van der Waals surface area contributed by atoms with Gasteiger partial charge in [-0.2, -0.15) is 0 Å². The lowest BCUT2D eigenvalue weighted by Crippen LogP contribution is -2.68. The standard InChI is InChI=1S/C14H17N3O3/c15-10-9-4-5-20-12(9)11(10)17-14(19)8-3-1-2-7(6-8)13(16)18/h1-3,6,9-12H,4-5,15H2,(H2,16,18)(H,17,19). The monoisotopic (exact) mass is 275 g/mol. The fourth-order valence-electron chi connectivity index (χ4n) is 2.98. The molecule has 3 rings (SSSR count). The van der Waals surface area contributed by atoms with Gasteiger partial charge in [0.15, 0.2) is 0 Å². The lowest BCUT2D eigenvalue weighted by atomic mass is 9.72. The van der Waals surface area contributed by atoms with Gasteiger partial charge < -0.3 is 21.5 Å². The Morgan fingerprint density at radius 1 is 1.30 bits per heavy atom. The number of hydrogen-bond acceptors (Lipinski definition) is 4. The van der Waals surface area contributed by atoms with Crippen LogP contribution in [0.3, 0.4) is 0 Å². The van der Waals surface area contributed by atoms with Crippen LogP contribution in [0.4, 0.5) is 0 Å². The normalized spacial score (nSPS) is 31.2. The van der Waals surface area contributed by atoms with Crippen LogP contribution in [0.15, 0.2) is 24.3 Å². The average molecular weight is 275 g/mol. The van der Waals surface area contributed by atoms with Crippen molar-refractivity contribution in [3.8, 4) is 0 Å². The molecule has 106 valence electrons. The van der Waals surface area contributed by atoms with Gasteiger partial charge in [-0.05, 0) is 24.6 Å². The predicted octanol–water partition coefficient (Wildman–Crippen LogP) is -0.370. The van der Waals surface area contributed by atoms with Crippen LogP contribution in [0.2, 0.25) is 0 Å². The maximum absolute atomic E-state index is 12.2. The molecule has 1 aromatic carbocycles. The van der Waals surface area contributed by atoms with Gasteiger partial charge in [0.25, 0.3) is 5.91 Å². The van der Waals surface area contributed by atoms with Crippen molar-refractivity contribution < 1.29 is 14.3 Å². The Labute approximate surface area is 116 Å².